The van der Waals surface area contributed by atoms with Crippen molar-refractivity contribution in [1.82, 2.24) is 9.97 Å². The first kappa shape index (κ1) is 12.6. The zero-order valence-electron chi connectivity index (χ0n) is 10.3. The van der Waals surface area contributed by atoms with E-state index >= 15 is 0 Å². The Bertz CT molecular complexity index is 495. The number of aromatic nitrogens is 2. The molecule has 0 aliphatic rings. The van der Waals surface area contributed by atoms with Crippen LogP contribution < -0.4 is 10.6 Å². The van der Waals surface area contributed by atoms with Crippen molar-refractivity contribution in [2.24, 2.45) is 0 Å². The number of hydrogen-bond acceptors (Lipinski definition) is 4. The zero-order chi connectivity index (χ0) is 13.1. The van der Waals surface area contributed by atoms with Gasteiger partial charge in [0, 0.05) is 24.5 Å². The molecular weight excluding hydrogens is 248 g/mol. The van der Waals surface area contributed by atoms with Gasteiger partial charge in [0.25, 0.3) is 0 Å². The largest absolute Gasteiger partial charge is 0.381 e. The summed E-state index contributed by atoms with van der Waals surface area (Å²) < 4.78 is 0. The maximum absolute atomic E-state index is 6.20. The Labute approximate surface area is 111 Å². The van der Waals surface area contributed by atoms with Crippen molar-refractivity contribution < 1.29 is 0 Å². The predicted molar refractivity (Wildman–Crippen MR) is 74.7 cm³/mol. The van der Waals surface area contributed by atoms with Crippen molar-refractivity contribution in [2.45, 2.75) is 13.0 Å². The van der Waals surface area contributed by atoms with Crippen LogP contribution in [0.4, 0.5) is 11.6 Å². The Morgan fingerprint density at radius 3 is 2.56 bits per heavy atom. The highest BCUT2D eigenvalue weighted by Crippen LogP contribution is 2.30. The number of benzene rings is 1. The normalized spacial score (nSPS) is 12.2. The van der Waals surface area contributed by atoms with Crippen LogP contribution in [0.1, 0.15) is 18.5 Å². The smallest absolute Gasteiger partial charge is 0.171 e. The lowest BCUT2D eigenvalue weighted by atomic mass is 10.1. The third kappa shape index (κ3) is 2.38. The molecule has 2 aromatic rings. The van der Waals surface area contributed by atoms with Crippen LogP contribution in [-0.2, 0) is 0 Å². The van der Waals surface area contributed by atoms with Crippen LogP contribution in [0.5, 0.6) is 0 Å². The van der Waals surface area contributed by atoms with E-state index in [1.54, 1.807) is 12.4 Å². The number of nitrogens with two attached hydrogens (primary N) is 1. The fourth-order valence-electron chi connectivity index (χ4n) is 1.82. The minimum absolute atomic E-state index is 0.0673. The summed E-state index contributed by atoms with van der Waals surface area (Å²) in [5.74, 6) is 1.07. The summed E-state index contributed by atoms with van der Waals surface area (Å²) in [6.07, 6.45) is 3.20. The van der Waals surface area contributed by atoms with E-state index in [0.29, 0.717) is 11.6 Å². The molecule has 1 aromatic heterocycles. The second-order valence-electron chi connectivity index (χ2n) is 4.07. The number of rotatable bonds is 3. The highest BCUT2D eigenvalue weighted by atomic mass is 35.5. The monoisotopic (exact) mass is 262 g/mol. The molecule has 0 aliphatic carbocycles. The van der Waals surface area contributed by atoms with Gasteiger partial charge in [0.1, 0.15) is 0 Å². The van der Waals surface area contributed by atoms with Crippen LogP contribution in [0.15, 0.2) is 36.7 Å². The van der Waals surface area contributed by atoms with Gasteiger partial charge in [0.05, 0.1) is 6.04 Å². The fourth-order valence-corrected chi connectivity index (χ4v) is 2.11. The van der Waals surface area contributed by atoms with Crippen LogP contribution in [0.25, 0.3) is 0 Å². The van der Waals surface area contributed by atoms with Gasteiger partial charge in [-0.1, -0.05) is 29.8 Å². The first-order valence-electron chi connectivity index (χ1n) is 5.65. The molecule has 1 unspecified atom stereocenters. The lowest BCUT2D eigenvalue weighted by molar-refractivity contribution is 0.728. The summed E-state index contributed by atoms with van der Waals surface area (Å²) in [4.78, 5) is 10.3. The lowest BCUT2D eigenvalue weighted by Gasteiger charge is -2.27. The number of halogens is 1. The van der Waals surface area contributed by atoms with E-state index in [9.17, 15) is 0 Å². The van der Waals surface area contributed by atoms with Crippen LogP contribution in [-0.4, -0.2) is 17.0 Å². The summed E-state index contributed by atoms with van der Waals surface area (Å²) in [5, 5.41) is 0.735. The average Bonchev–Trinajstić information content (AvgIpc) is 2.38. The summed E-state index contributed by atoms with van der Waals surface area (Å²) >= 11 is 6.20. The van der Waals surface area contributed by atoms with Crippen LogP contribution in [0.2, 0.25) is 5.02 Å². The highest BCUT2D eigenvalue weighted by Gasteiger charge is 2.17. The van der Waals surface area contributed by atoms with Crippen molar-refractivity contribution in [3.63, 3.8) is 0 Å². The van der Waals surface area contributed by atoms with E-state index in [-0.39, 0.29) is 6.04 Å². The third-order valence-corrected chi connectivity index (χ3v) is 3.32. The molecule has 5 heteroatoms. The molecule has 4 nitrogen and oxygen atoms in total. The van der Waals surface area contributed by atoms with Crippen molar-refractivity contribution in [3.8, 4) is 0 Å². The van der Waals surface area contributed by atoms with Gasteiger partial charge in [0.15, 0.2) is 11.6 Å². The number of hydrogen-bond donors (Lipinski definition) is 1. The van der Waals surface area contributed by atoms with Gasteiger partial charge < -0.3 is 10.6 Å². The molecule has 1 heterocycles. The lowest BCUT2D eigenvalue weighted by Crippen LogP contribution is -2.24. The quantitative estimate of drug-likeness (QED) is 0.924. The Morgan fingerprint density at radius 2 is 1.89 bits per heavy atom. The molecule has 1 aromatic carbocycles. The predicted octanol–water partition coefficient (Wildman–Crippen LogP) is 2.91. The number of anilines is 2. The van der Waals surface area contributed by atoms with Gasteiger partial charge in [-0.3, -0.25) is 0 Å². The van der Waals surface area contributed by atoms with E-state index in [2.05, 4.69) is 16.9 Å². The summed E-state index contributed by atoms with van der Waals surface area (Å²) in [7, 11) is 1.92. The van der Waals surface area contributed by atoms with Gasteiger partial charge in [-0.2, -0.15) is 0 Å². The van der Waals surface area contributed by atoms with E-state index in [4.69, 9.17) is 17.3 Å². The molecule has 0 radical (unpaired) electrons. The van der Waals surface area contributed by atoms with Gasteiger partial charge in [-0.25, -0.2) is 9.97 Å². The molecule has 2 rings (SSSR count). The average molecular weight is 263 g/mol. The number of nitrogen functional groups attached to an aromatic ring is 1. The minimum Gasteiger partial charge on any atom is -0.381 e. The zero-order valence-corrected chi connectivity index (χ0v) is 11.1. The van der Waals surface area contributed by atoms with Crippen molar-refractivity contribution in [2.75, 3.05) is 17.7 Å². The van der Waals surface area contributed by atoms with Crippen LogP contribution >= 0.6 is 11.6 Å². The molecular formula is C13H15ClN4. The van der Waals surface area contributed by atoms with Gasteiger partial charge >= 0.3 is 0 Å². The Morgan fingerprint density at radius 1 is 1.22 bits per heavy atom. The molecule has 0 spiro atoms. The van der Waals surface area contributed by atoms with Gasteiger partial charge in [0.2, 0.25) is 0 Å². The highest BCUT2D eigenvalue weighted by molar-refractivity contribution is 6.31. The molecule has 1 atom stereocenters. The molecule has 0 saturated heterocycles. The SMILES string of the molecule is CC(c1ccccc1Cl)N(C)c1nccnc1N. The topological polar surface area (TPSA) is 55.0 Å². The summed E-state index contributed by atoms with van der Waals surface area (Å²) in [6, 6.07) is 7.82. The maximum Gasteiger partial charge on any atom is 0.171 e. The van der Waals surface area contributed by atoms with E-state index in [1.807, 2.05) is 36.2 Å². The Kier molecular flexibility index (Phi) is 3.67. The Hall–Kier alpha value is -1.81. The molecule has 0 amide bonds. The molecule has 0 fully saturated rings. The molecule has 94 valence electrons. The first-order valence-corrected chi connectivity index (χ1v) is 6.02. The van der Waals surface area contributed by atoms with Gasteiger partial charge in [-0.15, -0.1) is 0 Å². The molecule has 0 bridgehead atoms. The summed E-state index contributed by atoms with van der Waals surface area (Å²) in [6.45, 7) is 2.05. The first-order chi connectivity index (χ1) is 8.61. The Balaban J connectivity index is 2.33. The standard InChI is InChI=1S/C13H15ClN4/c1-9(10-5-3-4-6-11(10)14)18(2)13-12(15)16-7-8-17-13/h3-9H,1-2H3,(H2,15,16). The van der Waals surface area contributed by atoms with Crippen molar-refractivity contribution in [3.05, 3.63) is 47.2 Å². The number of nitrogens with zero attached hydrogens (tertiary/aromatic N) is 3. The minimum atomic E-state index is 0.0673. The molecule has 2 N–H and O–H groups in total. The van der Waals surface area contributed by atoms with E-state index in [0.717, 1.165) is 10.6 Å². The van der Waals surface area contributed by atoms with E-state index in [1.165, 1.54) is 0 Å². The second kappa shape index (κ2) is 5.23. The second-order valence-corrected chi connectivity index (χ2v) is 4.48. The fraction of sp³-hybridized carbons (Fsp3) is 0.231. The molecule has 0 aliphatic heterocycles. The molecule has 18 heavy (non-hydrogen) atoms. The van der Waals surface area contributed by atoms with E-state index < -0.39 is 0 Å². The van der Waals surface area contributed by atoms with Crippen molar-refractivity contribution >= 4 is 23.2 Å². The van der Waals surface area contributed by atoms with Gasteiger partial charge in [-0.05, 0) is 18.6 Å². The van der Waals surface area contributed by atoms with Crippen LogP contribution in [0, 0.1) is 0 Å². The van der Waals surface area contributed by atoms with Crippen LogP contribution in [0.3, 0.4) is 0 Å². The van der Waals surface area contributed by atoms with Crippen molar-refractivity contribution in [1.29, 1.82) is 0 Å². The maximum atomic E-state index is 6.20. The third-order valence-electron chi connectivity index (χ3n) is 2.98. The molecule has 0 saturated carbocycles. The summed E-state index contributed by atoms with van der Waals surface area (Å²) in [5.41, 5.74) is 6.86.